The van der Waals surface area contributed by atoms with Crippen molar-refractivity contribution in [3.63, 3.8) is 0 Å². The van der Waals surface area contributed by atoms with Gasteiger partial charge in [0.25, 0.3) is 0 Å². The smallest absolute Gasteiger partial charge is 0.354 e. The topological polar surface area (TPSA) is 89.8 Å². The Labute approximate surface area is 154 Å². The number of carbonyl (C=O) groups excluding carboxylic acids is 3. The summed E-state index contributed by atoms with van der Waals surface area (Å²) in [5, 5.41) is 3.63. The average molecular weight is 371 g/mol. The first kappa shape index (κ1) is 18.5. The van der Waals surface area contributed by atoms with E-state index in [0.29, 0.717) is 22.6 Å². The van der Waals surface area contributed by atoms with Gasteiger partial charge >= 0.3 is 5.97 Å². The lowest BCUT2D eigenvalue weighted by Crippen LogP contribution is -2.31. The fourth-order valence-corrected chi connectivity index (χ4v) is 2.96. The number of para-hydroxylation sites is 1. The molecular weight excluding hydrogens is 353 g/mol. The third-order valence-electron chi connectivity index (χ3n) is 4.30. The second-order valence-electron chi connectivity index (χ2n) is 6.16. The van der Waals surface area contributed by atoms with Gasteiger partial charge in [-0.2, -0.15) is 5.10 Å². The van der Waals surface area contributed by atoms with E-state index in [2.05, 4.69) is 10.5 Å². The maximum Gasteiger partial charge on any atom is 0.354 e. The van der Waals surface area contributed by atoms with E-state index in [0.717, 1.165) is 0 Å². The van der Waals surface area contributed by atoms with Crippen molar-refractivity contribution in [1.29, 1.82) is 0 Å². The molecule has 27 heavy (non-hydrogen) atoms. The van der Waals surface area contributed by atoms with E-state index in [9.17, 15) is 18.8 Å². The maximum atomic E-state index is 14.1. The zero-order chi connectivity index (χ0) is 19.6. The van der Waals surface area contributed by atoms with Crippen molar-refractivity contribution in [2.24, 2.45) is 5.10 Å². The molecule has 1 N–H and O–H groups in total. The van der Waals surface area contributed by atoms with E-state index >= 15 is 0 Å². The molecule has 2 heterocycles. The standard InChI is InChI=1S/C19H18FN3O4/c1-11-9-13(12(2)23(11)16-6-4-3-5-14(16)20)17(24)10-27-19(26)15-7-8-18(25)22-21-15/h3-6,9H,7-8,10H2,1-2H3,(H,22,25). The summed E-state index contributed by atoms with van der Waals surface area (Å²) in [4.78, 5) is 35.5. The van der Waals surface area contributed by atoms with Crippen LogP contribution >= 0.6 is 0 Å². The lowest BCUT2D eigenvalue weighted by atomic mass is 10.1. The second kappa shape index (κ2) is 7.53. The van der Waals surface area contributed by atoms with Crippen LogP contribution in [0, 0.1) is 19.7 Å². The molecule has 0 unspecified atom stereocenters. The fourth-order valence-electron chi connectivity index (χ4n) is 2.96. The number of hydrogen-bond acceptors (Lipinski definition) is 5. The molecule has 0 bridgehead atoms. The van der Waals surface area contributed by atoms with Gasteiger partial charge < -0.3 is 9.30 Å². The van der Waals surface area contributed by atoms with Crippen LogP contribution in [0.25, 0.3) is 5.69 Å². The first-order valence-corrected chi connectivity index (χ1v) is 8.38. The first-order valence-electron chi connectivity index (χ1n) is 8.38. The SMILES string of the molecule is Cc1cc(C(=O)COC(=O)C2=NNC(=O)CC2)c(C)n1-c1ccccc1F. The molecule has 3 rings (SSSR count). The summed E-state index contributed by atoms with van der Waals surface area (Å²) in [5.41, 5.74) is 4.20. The summed E-state index contributed by atoms with van der Waals surface area (Å²) in [6.45, 7) is 3.00. The molecule has 0 saturated carbocycles. The molecule has 8 heteroatoms. The van der Waals surface area contributed by atoms with Gasteiger partial charge in [0, 0.05) is 29.8 Å². The Morgan fingerprint density at radius 1 is 1.26 bits per heavy atom. The largest absolute Gasteiger partial charge is 0.453 e. The number of ketones is 1. The Balaban J connectivity index is 1.75. The summed E-state index contributed by atoms with van der Waals surface area (Å²) >= 11 is 0. The van der Waals surface area contributed by atoms with Crippen molar-refractivity contribution in [2.45, 2.75) is 26.7 Å². The molecule has 1 aromatic carbocycles. The van der Waals surface area contributed by atoms with Crippen LogP contribution in [-0.4, -0.2) is 34.5 Å². The highest BCUT2D eigenvalue weighted by atomic mass is 19.1. The van der Waals surface area contributed by atoms with Gasteiger partial charge in [0.2, 0.25) is 11.7 Å². The number of carbonyl (C=O) groups is 3. The van der Waals surface area contributed by atoms with Gasteiger partial charge in [0.15, 0.2) is 6.61 Å². The first-order chi connectivity index (χ1) is 12.9. The van der Waals surface area contributed by atoms with Gasteiger partial charge in [-0.25, -0.2) is 14.6 Å². The van der Waals surface area contributed by atoms with Crippen LogP contribution in [-0.2, 0) is 14.3 Å². The van der Waals surface area contributed by atoms with Crippen LogP contribution < -0.4 is 5.43 Å². The Hall–Kier alpha value is -3.29. The zero-order valence-corrected chi connectivity index (χ0v) is 14.9. The van der Waals surface area contributed by atoms with Gasteiger partial charge in [-0.15, -0.1) is 0 Å². The molecule has 140 valence electrons. The number of aryl methyl sites for hydroxylation is 1. The van der Waals surface area contributed by atoms with Crippen LogP contribution in [0.3, 0.4) is 0 Å². The lowest BCUT2D eigenvalue weighted by molar-refractivity contribution is -0.134. The van der Waals surface area contributed by atoms with E-state index in [1.54, 1.807) is 42.7 Å². The molecule has 0 fully saturated rings. The molecule has 7 nitrogen and oxygen atoms in total. The van der Waals surface area contributed by atoms with E-state index < -0.39 is 24.2 Å². The molecule has 1 aliphatic heterocycles. The van der Waals surface area contributed by atoms with Crippen LogP contribution in [0.5, 0.6) is 0 Å². The molecule has 1 amide bonds. The predicted octanol–water partition coefficient (Wildman–Crippen LogP) is 2.23. The second-order valence-corrected chi connectivity index (χ2v) is 6.16. The number of hydrogen-bond donors (Lipinski definition) is 1. The van der Waals surface area contributed by atoms with Crippen molar-refractivity contribution in [3.8, 4) is 5.69 Å². The van der Waals surface area contributed by atoms with Gasteiger partial charge in [-0.3, -0.25) is 9.59 Å². The molecule has 1 aliphatic rings. The Morgan fingerprint density at radius 3 is 2.67 bits per heavy atom. The number of amides is 1. The van der Waals surface area contributed by atoms with Crippen LogP contribution in [0.1, 0.15) is 34.6 Å². The number of rotatable bonds is 5. The lowest BCUT2D eigenvalue weighted by Gasteiger charge is -2.12. The van der Waals surface area contributed by atoms with Gasteiger partial charge in [-0.1, -0.05) is 12.1 Å². The van der Waals surface area contributed by atoms with Crippen molar-refractivity contribution in [2.75, 3.05) is 6.61 Å². The Kier molecular flexibility index (Phi) is 5.16. The minimum atomic E-state index is -0.744. The number of nitrogens with zero attached hydrogens (tertiary/aromatic N) is 2. The summed E-state index contributed by atoms with van der Waals surface area (Å²) in [6.07, 6.45) is 0.312. The van der Waals surface area contributed by atoms with Crippen LogP contribution in [0.15, 0.2) is 35.4 Å². The number of Topliss-reactive ketones (excluding diaryl/α,β-unsaturated/α-hetero) is 1. The molecule has 1 aromatic heterocycles. The van der Waals surface area contributed by atoms with Crippen LogP contribution in [0.2, 0.25) is 0 Å². The molecule has 0 radical (unpaired) electrons. The molecule has 0 aliphatic carbocycles. The third kappa shape index (κ3) is 3.79. The van der Waals surface area contributed by atoms with E-state index in [1.807, 2.05) is 0 Å². The number of ether oxygens (including phenoxy) is 1. The van der Waals surface area contributed by atoms with Crippen LogP contribution in [0.4, 0.5) is 4.39 Å². The number of nitrogens with one attached hydrogen (secondary N) is 1. The van der Waals surface area contributed by atoms with Gasteiger partial charge in [-0.05, 0) is 32.0 Å². The molecular formula is C19H18FN3O4. The van der Waals surface area contributed by atoms with Crippen molar-refractivity contribution in [1.82, 2.24) is 9.99 Å². The predicted molar refractivity (Wildman–Crippen MR) is 95.3 cm³/mol. The highest BCUT2D eigenvalue weighted by Gasteiger charge is 2.23. The molecule has 0 atom stereocenters. The number of benzene rings is 1. The molecule has 2 aromatic rings. The van der Waals surface area contributed by atoms with E-state index in [-0.39, 0.29) is 24.5 Å². The summed E-state index contributed by atoms with van der Waals surface area (Å²) in [7, 11) is 0. The van der Waals surface area contributed by atoms with E-state index in [4.69, 9.17) is 4.74 Å². The van der Waals surface area contributed by atoms with Crippen molar-refractivity contribution < 1.29 is 23.5 Å². The summed E-state index contributed by atoms with van der Waals surface area (Å²) < 4.78 is 20.8. The molecule has 0 saturated heterocycles. The Bertz CT molecular complexity index is 962. The number of aromatic nitrogens is 1. The fraction of sp³-hybridized carbons (Fsp3) is 0.263. The van der Waals surface area contributed by atoms with Crippen molar-refractivity contribution in [3.05, 3.63) is 53.1 Å². The average Bonchev–Trinajstić information content (AvgIpc) is 2.95. The quantitative estimate of drug-likeness (QED) is 0.645. The summed E-state index contributed by atoms with van der Waals surface area (Å²) in [5.74, 6) is -1.82. The normalized spacial score (nSPS) is 13.7. The highest BCUT2D eigenvalue weighted by molar-refractivity contribution is 6.37. The summed E-state index contributed by atoms with van der Waals surface area (Å²) in [6, 6.07) is 7.91. The Morgan fingerprint density at radius 2 is 2.00 bits per heavy atom. The number of hydrazone groups is 1. The number of halogens is 1. The van der Waals surface area contributed by atoms with Gasteiger partial charge in [0.1, 0.15) is 11.5 Å². The molecule has 0 spiro atoms. The highest BCUT2D eigenvalue weighted by Crippen LogP contribution is 2.23. The third-order valence-corrected chi connectivity index (χ3v) is 4.30. The monoisotopic (exact) mass is 371 g/mol. The maximum absolute atomic E-state index is 14.1. The van der Waals surface area contributed by atoms with Gasteiger partial charge in [0.05, 0.1) is 5.69 Å². The zero-order valence-electron chi connectivity index (χ0n) is 14.9. The van der Waals surface area contributed by atoms with E-state index in [1.165, 1.54) is 6.07 Å². The minimum Gasteiger partial charge on any atom is -0.453 e. The number of esters is 1. The minimum absolute atomic E-state index is 0.0687. The van der Waals surface area contributed by atoms with Crippen molar-refractivity contribution >= 4 is 23.4 Å².